The van der Waals surface area contributed by atoms with Crippen LogP contribution in [0.5, 0.6) is 0 Å². The van der Waals surface area contributed by atoms with Crippen molar-refractivity contribution in [3.8, 4) is 0 Å². The average molecular weight is 244 g/mol. The first-order valence-electron chi connectivity index (χ1n) is 5.45. The molecule has 0 saturated heterocycles. The van der Waals surface area contributed by atoms with Crippen molar-refractivity contribution in [3.63, 3.8) is 0 Å². The van der Waals surface area contributed by atoms with Gasteiger partial charge in [-0.3, -0.25) is 0 Å². The number of aliphatic carboxylic acids is 1. The number of rotatable bonds is 4. The van der Waals surface area contributed by atoms with E-state index in [9.17, 15) is 14.3 Å². The molecule has 1 atom stereocenters. The van der Waals surface area contributed by atoms with Crippen LogP contribution in [0.1, 0.15) is 11.6 Å². The molecule has 92 valence electrons. The maximum Gasteiger partial charge on any atom is 0.123 e. The Morgan fingerprint density at radius 3 is 2.22 bits per heavy atom. The molecule has 4 heteroatoms. The third-order valence-corrected chi connectivity index (χ3v) is 2.52. The van der Waals surface area contributed by atoms with E-state index in [0.717, 1.165) is 0 Å². The lowest BCUT2D eigenvalue weighted by atomic mass is 10.1. The van der Waals surface area contributed by atoms with E-state index in [-0.39, 0.29) is 5.82 Å². The number of carboxylic acids is 1. The van der Waals surface area contributed by atoms with Crippen LogP contribution in [0.2, 0.25) is 0 Å². The van der Waals surface area contributed by atoms with E-state index in [1.54, 1.807) is 30.3 Å². The molecule has 3 nitrogen and oxygen atoms in total. The number of hydrogen-bond acceptors (Lipinski definition) is 3. The van der Waals surface area contributed by atoms with Gasteiger partial charge in [-0.25, -0.2) is 4.39 Å². The standard InChI is InChI=1S/C14H12FNO2/c15-11-6-8-12(9-7-11)16-13(14(17)18)10-4-2-1-3-5-10/h1-9,13,16H,(H,17,18)/p-1/t13-/m0/s1. The second-order valence-corrected chi connectivity index (χ2v) is 3.81. The Balaban J connectivity index is 2.22. The molecule has 0 bridgehead atoms. The van der Waals surface area contributed by atoms with Crippen LogP contribution in [0.15, 0.2) is 54.6 Å². The maximum absolute atomic E-state index is 12.7. The highest BCUT2D eigenvalue weighted by Crippen LogP contribution is 2.19. The molecule has 0 spiro atoms. The summed E-state index contributed by atoms with van der Waals surface area (Å²) in [7, 11) is 0. The van der Waals surface area contributed by atoms with E-state index >= 15 is 0 Å². The van der Waals surface area contributed by atoms with Crippen LogP contribution < -0.4 is 10.4 Å². The zero-order chi connectivity index (χ0) is 13.0. The molecule has 18 heavy (non-hydrogen) atoms. The highest BCUT2D eigenvalue weighted by atomic mass is 19.1. The number of anilines is 1. The molecule has 0 radical (unpaired) electrons. The van der Waals surface area contributed by atoms with Crippen molar-refractivity contribution in [1.82, 2.24) is 0 Å². The Bertz CT molecular complexity index is 525. The summed E-state index contributed by atoms with van der Waals surface area (Å²) in [6, 6.07) is 13.2. The van der Waals surface area contributed by atoms with Crippen molar-refractivity contribution in [2.75, 3.05) is 5.32 Å². The molecule has 0 unspecified atom stereocenters. The zero-order valence-electron chi connectivity index (χ0n) is 9.47. The SMILES string of the molecule is O=C([O-])[C@@H](Nc1ccc(F)cc1)c1ccccc1. The molecular formula is C14H11FNO2-. The van der Waals surface area contributed by atoms with Gasteiger partial charge in [-0.1, -0.05) is 30.3 Å². The Morgan fingerprint density at radius 2 is 1.67 bits per heavy atom. The van der Waals surface area contributed by atoms with E-state index in [1.165, 1.54) is 24.3 Å². The van der Waals surface area contributed by atoms with Crippen LogP contribution >= 0.6 is 0 Å². The number of nitrogens with one attached hydrogen (secondary N) is 1. The van der Waals surface area contributed by atoms with Crippen LogP contribution in [-0.2, 0) is 4.79 Å². The van der Waals surface area contributed by atoms with Gasteiger partial charge in [-0.05, 0) is 29.8 Å². The van der Waals surface area contributed by atoms with Gasteiger partial charge in [0.15, 0.2) is 0 Å². The minimum absolute atomic E-state index is 0.370. The lowest BCUT2D eigenvalue weighted by Gasteiger charge is -2.21. The number of benzene rings is 2. The number of hydrogen-bond donors (Lipinski definition) is 1. The smallest absolute Gasteiger partial charge is 0.123 e. The van der Waals surface area contributed by atoms with Crippen LogP contribution in [0.4, 0.5) is 10.1 Å². The van der Waals surface area contributed by atoms with Crippen LogP contribution in [0, 0.1) is 5.82 Å². The van der Waals surface area contributed by atoms with Crippen molar-refractivity contribution in [2.24, 2.45) is 0 Å². The highest BCUT2D eigenvalue weighted by molar-refractivity contribution is 5.77. The molecular weight excluding hydrogens is 233 g/mol. The normalized spacial score (nSPS) is 11.8. The van der Waals surface area contributed by atoms with E-state index in [0.29, 0.717) is 11.3 Å². The summed E-state index contributed by atoms with van der Waals surface area (Å²) in [4.78, 5) is 11.1. The van der Waals surface area contributed by atoms with E-state index < -0.39 is 12.0 Å². The summed E-state index contributed by atoms with van der Waals surface area (Å²) < 4.78 is 12.7. The molecule has 0 saturated carbocycles. The van der Waals surface area contributed by atoms with Crippen LogP contribution in [0.25, 0.3) is 0 Å². The molecule has 0 fully saturated rings. The minimum atomic E-state index is -1.23. The number of carboxylic acid groups (broad SMARTS) is 1. The Morgan fingerprint density at radius 1 is 1.06 bits per heavy atom. The van der Waals surface area contributed by atoms with Gasteiger partial charge in [0.2, 0.25) is 0 Å². The molecule has 2 rings (SSSR count). The van der Waals surface area contributed by atoms with Gasteiger partial charge >= 0.3 is 0 Å². The summed E-state index contributed by atoms with van der Waals surface area (Å²) in [5, 5.41) is 13.9. The summed E-state index contributed by atoms with van der Waals surface area (Å²) in [5.41, 5.74) is 1.11. The summed E-state index contributed by atoms with van der Waals surface area (Å²) in [5.74, 6) is -1.60. The van der Waals surface area contributed by atoms with Crippen LogP contribution in [0.3, 0.4) is 0 Å². The fourth-order valence-corrected chi connectivity index (χ4v) is 1.64. The molecule has 1 N–H and O–H groups in total. The minimum Gasteiger partial charge on any atom is -0.548 e. The van der Waals surface area contributed by atoms with Crippen molar-refractivity contribution in [3.05, 3.63) is 66.0 Å². The number of halogens is 1. The number of carbonyl (C=O) groups excluding carboxylic acids is 1. The summed E-state index contributed by atoms with van der Waals surface area (Å²) >= 11 is 0. The fraction of sp³-hybridized carbons (Fsp3) is 0.0714. The van der Waals surface area contributed by atoms with E-state index in [4.69, 9.17) is 0 Å². The predicted octanol–water partition coefficient (Wildman–Crippen LogP) is 1.73. The predicted molar refractivity (Wildman–Crippen MR) is 64.2 cm³/mol. The van der Waals surface area contributed by atoms with Crippen molar-refractivity contribution in [1.29, 1.82) is 0 Å². The van der Waals surface area contributed by atoms with Crippen molar-refractivity contribution in [2.45, 2.75) is 6.04 Å². The van der Waals surface area contributed by atoms with Gasteiger partial charge < -0.3 is 15.2 Å². The van der Waals surface area contributed by atoms with Gasteiger partial charge in [0, 0.05) is 5.69 Å². The first-order valence-corrected chi connectivity index (χ1v) is 5.45. The lowest BCUT2D eigenvalue weighted by molar-refractivity contribution is -0.307. The monoisotopic (exact) mass is 244 g/mol. The van der Waals surface area contributed by atoms with E-state index in [1.807, 2.05) is 0 Å². The van der Waals surface area contributed by atoms with Crippen molar-refractivity contribution < 1.29 is 14.3 Å². The highest BCUT2D eigenvalue weighted by Gasteiger charge is 2.11. The topological polar surface area (TPSA) is 52.2 Å². The zero-order valence-corrected chi connectivity index (χ0v) is 9.47. The average Bonchev–Trinajstić information content (AvgIpc) is 2.38. The Labute approximate surface area is 104 Å². The second-order valence-electron chi connectivity index (χ2n) is 3.81. The second kappa shape index (κ2) is 5.31. The summed E-state index contributed by atoms with van der Waals surface area (Å²) in [6.07, 6.45) is 0. The Kier molecular flexibility index (Phi) is 3.57. The Hall–Kier alpha value is -2.36. The molecule has 2 aromatic rings. The molecule has 0 aliphatic heterocycles. The third kappa shape index (κ3) is 2.85. The van der Waals surface area contributed by atoms with Gasteiger partial charge in [0.25, 0.3) is 0 Å². The third-order valence-electron chi connectivity index (χ3n) is 2.52. The molecule has 0 aliphatic carbocycles. The molecule has 0 aliphatic rings. The van der Waals surface area contributed by atoms with Crippen LogP contribution in [-0.4, -0.2) is 5.97 Å². The molecule has 0 heterocycles. The molecule has 2 aromatic carbocycles. The first kappa shape index (κ1) is 12.1. The lowest BCUT2D eigenvalue weighted by Crippen LogP contribution is -2.34. The maximum atomic E-state index is 12.7. The van der Waals surface area contributed by atoms with Gasteiger partial charge in [-0.2, -0.15) is 0 Å². The van der Waals surface area contributed by atoms with Gasteiger partial charge in [0.05, 0.1) is 12.0 Å². The quantitative estimate of drug-likeness (QED) is 0.891. The van der Waals surface area contributed by atoms with Crippen molar-refractivity contribution >= 4 is 11.7 Å². The first-order chi connectivity index (χ1) is 8.66. The largest absolute Gasteiger partial charge is 0.548 e. The number of carbonyl (C=O) groups is 1. The fourth-order valence-electron chi connectivity index (χ4n) is 1.64. The van der Waals surface area contributed by atoms with Gasteiger partial charge in [-0.15, -0.1) is 0 Å². The molecule has 0 aromatic heterocycles. The van der Waals surface area contributed by atoms with E-state index in [2.05, 4.69) is 5.32 Å². The van der Waals surface area contributed by atoms with Gasteiger partial charge in [0.1, 0.15) is 5.82 Å². The summed E-state index contributed by atoms with van der Waals surface area (Å²) in [6.45, 7) is 0. The molecule has 0 amide bonds.